The second kappa shape index (κ2) is 17.5. The number of guanidine groups is 1. The first-order chi connectivity index (χ1) is 16.8. The van der Waals surface area contributed by atoms with Crippen LogP contribution in [0.5, 0.6) is 0 Å². The first-order valence-corrected chi connectivity index (χ1v) is 12.4. The van der Waals surface area contributed by atoms with E-state index >= 15 is 0 Å². The lowest BCUT2D eigenvalue weighted by atomic mass is 10.0. The van der Waals surface area contributed by atoms with Gasteiger partial charge in [0.25, 0.3) is 0 Å². The van der Waals surface area contributed by atoms with Crippen LogP contribution in [0.1, 0.15) is 66.2 Å². The van der Waals surface area contributed by atoms with Gasteiger partial charge in [-0.3, -0.25) is 19.4 Å². The highest BCUT2D eigenvalue weighted by atomic mass is 16.4. The van der Waals surface area contributed by atoms with Crippen LogP contribution < -0.4 is 38.9 Å². The molecule has 13 nitrogen and oxygen atoms in total. The van der Waals surface area contributed by atoms with Crippen molar-refractivity contribution in [1.82, 2.24) is 16.0 Å². The number of nitrogens with zero attached hydrogens (tertiary/aromatic N) is 1. The maximum absolute atomic E-state index is 13.2. The van der Waals surface area contributed by atoms with Gasteiger partial charge in [0.15, 0.2) is 5.96 Å². The number of amides is 3. The van der Waals surface area contributed by atoms with Crippen molar-refractivity contribution < 1.29 is 24.3 Å². The van der Waals surface area contributed by atoms with E-state index in [2.05, 4.69) is 20.9 Å². The van der Waals surface area contributed by atoms with E-state index in [1.807, 2.05) is 13.8 Å². The summed E-state index contributed by atoms with van der Waals surface area (Å²) in [7, 11) is 0. The molecular weight excluding hydrogens is 468 g/mol. The van der Waals surface area contributed by atoms with Crippen LogP contribution >= 0.6 is 0 Å². The Kier molecular flexibility index (Phi) is 16.1. The number of carboxylic acids is 1. The predicted molar refractivity (Wildman–Crippen MR) is 139 cm³/mol. The van der Waals surface area contributed by atoms with Gasteiger partial charge in [-0.05, 0) is 56.9 Å². The summed E-state index contributed by atoms with van der Waals surface area (Å²) in [6.45, 7) is 7.91. The lowest BCUT2D eigenvalue weighted by molar-refractivity contribution is -0.142. The van der Waals surface area contributed by atoms with Crippen molar-refractivity contribution >= 4 is 29.7 Å². The lowest BCUT2D eigenvalue weighted by Crippen LogP contribution is -2.57. The number of aliphatic carboxylic acids is 1. The topological polar surface area (TPSA) is 241 Å². The molecule has 0 aliphatic carbocycles. The molecule has 0 radical (unpaired) electrons. The minimum absolute atomic E-state index is 0.0339. The third-order valence-electron chi connectivity index (χ3n) is 5.50. The molecule has 0 heterocycles. The first kappa shape index (κ1) is 33.1. The molecule has 4 atom stereocenters. The number of hydrogen-bond acceptors (Lipinski definition) is 7. The summed E-state index contributed by atoms with van der Waals surface area (Å²) < 4.78 is 0. The van der Waals surface area contributed by atoms with Crippen LogP contribution in [0.3, 0.4) is 0 Å². The molecule has 0 aromatic rings. The highest BCUT2D eigenvalue weighted by Crippen LogP contribution is 2.09. The van der Waals surface area contributed by atoms with Gasteiger partial charge in [-0.25, -0.2) is 4.79 Å². The van der Waals surface area contributed by atoms with Crippen LogP contribution in [-0.4, -0.2) is 72.0 Å². The zero-order valence-electron chi connectivity index (χ0n) is 22.0. The van der Waals surface area contributed by atoms with Crippen LogP contribution in [-0.2, 0) is 19.2 Å². The fourth-order valence-electron chi connectivity index (χ4n) is 3.34. The molecule has 0 aliphatic heterocycles. The average molecular weight is 515 g/mol. The highest BCUT2D eigenvalue weighted by Gasteiger charge is 2.30. The van der Waals surface area contributed by atoms with Crippen molar-refractivity contribution in [3.8, 4) is 0 Å². The summed E-state index contributed by atoms with van der Waals surface area (Å²) in [5.41, 5.74) is 22.2. The smallest absolute Gasteiger partial charge is 0.326 e. The summed E-state index contributed by atoms with van der Waals surface area (Å²) >= 11 is 0. The number of rotatable bonds is 18. The van der Waals surface area contributed by atoms with Gasteiger partial charge in [-0.2, -0.15) is 0 Å². The van der Waals surface area contributed by atoms with Gasteiger partial charge in [0.05, 0.1) is 6.04 Å². The SMILES string of the molecule is CC(C)CC(NC(=O)C(CCCCN)NC(=O)C(CCCN=C(N)N)NC(=O)C(N)C(C)C)C(=O)O. The fraction of sp³-hybridized carbons (Fsp3) is 0.783. The number of nitrogens with one attached hydrogen (secondary N) is 3. The number of aliphatic imine (C=N–C) groups is 1. The third-order valence-corrected chi connectivity index (χ3v) is 5.50. The van der Waals surface area contributed by atoms with Crippen LogP contribution in [0.15, 0.2) is 4.99 Å². The number of unbranched alkanes of at least 4 members (excludes halogenated alkanes) is 1. The van der Waals surface area contributed by atoms with Gasteiger partial charge in [0.2, 0.25) is 17.7 Å². The molecule has 0 rings (SSSR count). The normalized spacial score (nSPS) is 14.4. The Bertz CT molecular complexity index is 740. The number of hydrogen-bond donors (Lipinski definition) is 8. The van der Waals surface area contributed by atoms with E-state index in [1.54, 1.807) is 13.8 Å². The quantitative estimate of drug-likeness (QED) is 0.0617. The van der Waals surface area contributed by atoms with Crippen LogP contribution in [0.4, 0.5) is 0 Å². The second-order valence-electron chi connectivity index (χ2n) is 9.65. The zero-order chi connectivity index (χ0) is 27.8. The molecule has 4 unspecified atom stereocenters. The maximum atomic E-state index is 13.2. The van der Waals surface area contributed by atoms with Crippen molar-refractivity contribution in [3.63, 3.8) is 0 Å². The van der Waals surface area contributed by atoms with Crippen molar-refractivity contribution in [2.75, 3.05) is 13.1 Å². The largest absolute Gasteiger partial charge is 0.480 e. The van der Waals surface area contributed by atoms with E-state index in [4.69, 9.17) is 22.9 Å². The molecular formula is C23H46N8O5. The van der Waals surface area contributed by atoms with E-state index in [0.717, 1.165) is 0 Å². The number of nitrogens with two attached hydrogens (primary N) is 4. The Balaban J connectivity index is 5.62. The second-order valence-corrected chi connectivity index (χ2v) is 9.65. The molecule has 0 bridgehead atoms. The van der Waals surface area contributed by atoms with E-state index in [1.165, 1.54) is 0 Å². The summed E-state index contributed by atoms with van der Waals surface area (Å²) in [6, 6.07) is -3.92. The Morgan fingerprint density at radius 3 is 1.75 bits per heavy atom. The third kappa shape index (κ3) is 13.8. The summed E-state index contributed by atoms with van der Waals surface area (Å²) in [5.74, 6) is -3.07. The summed E-state index contributed by atoms with van der Waals surface area (Å²) in [5, 5.41) is 17.3. The zero-order valence-corrected chi connectivity index (χ0v) is 22.0. The fourth-order valence-corrected chi connectivity index (χ4v) is 3.34. The minimum atomic E-state index is -1.16. The molecule has 36 heavy (non-hydrogen) atoms. The van der Waals surface area contributed by atoms with E-state index in [9.17, 15) is 24.3 Å². The molecule has 0 aliphatic rings. The Morgan fingerprint density at radius 1 is 0.806 bits per heavy atom. The average Bonchev–Trinajstić information content (AvgIpc) is 2.78. The predicted octanol–water partition coefficient (Wildman–Crippen LogP) is -1.26. The van der Waals surface area contributed by atoms with Gasteiger partial charge in [-0.15, -0.1) is 0 Å². The molecule has 0 aromatic heterocycles. The van der Waals surface area contributed by atoms with Gasteiger partial charge >= 0.3 is 5.97 Å². The van der Waals surface area contributed by atoms with Crippen LogP contribution in [0.25, 0.3) is 0 Å². The Morgan fingerprint density at radius 2 is 1.31 bits per heavy atom. The van der Waals surface area contributed by atoms with Crippen molar-refractivity contribution in [1.29, 1.82) is 0 Å². The van der Waals surface area contributed by atoms with Crippen molar-refractivity contribution in [3.05, 3.63) is 0 Å². The first-order valence-electron chi connectivity index (χ1n) is 12.4. The summed E-state index contributed by atoms with van der Waals surface area (Å²) in [6.07, 6.45) is 2.23. The summed E-state index contributed by atoms with van der Waals surface area (Å²) in [4.78, 5) is 54.2. The van der Waals surface area contributed by atoms with Gasteiger partial charge in [0, 0.05) is 6.54 Å². The number of carbonyl (C=O) groups is 4. The number of carbonyl (C=O) groups excluding carboxylic acids is 3. The molecule has 0 fully saturated rings. The molecule has 13 heteroatoms. The highest BCUT2D eigenvalue weighted by molar-refractivity contribution is 5.94. The monoisotopic (exact) mass is 514 g/mol. The van der Waals surface area contributed by atoms with Crippen molar-refractivity contribution in [2.24, 2.45) is 39.8 Å². The molecule has 0 saturated heterocycles. The minimum Gasteiger partial charge on any atom is -0.480 e. The van der Waals surface area contributed by atoms with Crippen LogP contribution in [0.2, 0.25) is 0 Å². The molecule has 12 N–H and O–H groups in total. The maximum Gasteiger partial charge on any atom is 0.326 e. The molecule has 0 spiro atoms. The van der Waals surface area contributed by atoms with Crippen molar-refractivity contribution in [2.45, 2.75) is 90.4 Å². The standard InChI is InChI=1S/C23H46N8O5/c1-13(2)12-17(22(35)36)31-20(33)15(8-5-6-10-24)29-19(32)16(9-7-11-28-23(26)27)30-21(34)18(25)14(3)4/h13-18H,5-12,24-25H2,1-4H3,(H,29,32)(H,30,34)(H,31,33)(H,35,36)(H4,26,27,28). The van der Waals surface area contributed by atoms with E-state index < -0.39 is 47.9 Å². The Hall–Kier alpha value is -2.93. The molecule has 0 aromatic carbocycles. The molecule has 0 saturated carbocycles. The van der Waals surface area contributed by atoms with Gasteiger partial charge in [0.1, 0.15) is 18.1 Å². The van der Waals surface area contributed by atoms with Gasteiger partial charge < -0.3 is 44.0 Å². The Labute approximate surface area is 213 Å². The molecule has 208 valence electrons. The van der Waals surface area contributed by atoms with Crippen LogP contribution in [0, 0.1) is 11.8 Å². The number of carboxylic acid groups (broad SMARTS) is 1. The molecule has 3 amide bonds. The van der Waals surface area contributed by atoms with E-state index in [0.29, 0.717) is 25.8 Å². The van der Waals surface area contributed by atoms with Gasteiger partial charge in [-0.1, -0.05) is 27.7 Å². The van der Waals surface area contributed by atoms with E-state index in [-0.39, 0.29) is 43.6 Å². The lowest BCUT2D eigenvalue weighted by Gasteiger charge is -2.26.